The molecule has 4 nitrogen and oxygen atoms in total. The van der Waals surface area contributed by atoms with Crippen LogP contribution in [0.1, 0.15) is 37.7 Å². The Balaban J connectivity index is 2.26. The van der Waals surface area contributed by atoms with Gasteiger partial charge in [0.2, 0.25) is 0 Å². The molecule has 1 aromatic carbocycles. The summed E-state index contributed by atoms with van der Waals surface area (Å²) >= 11 is 0. The molecule has 1 aliphatic carbocycles. The summed E-state index contributed by atoms with van der Waals surface area (Å²) < 4.78 is 15.9. The van der Waals surface area contributed by atoms with Crippen LogP contribution in [-0.2, 0) is 14.3 Å². The van der Waals surface area contributed by atoms with E-state index in [0.29, 0.717) is 16.9 Å². The summed E-state index contributed by atoms with van der Waals surface area (Å²) in [7, 11) is 2.87. The SMILES string of the molecule is CO/C=C(/C(=O)OC)c1ccccc1OC1CCCCC1. The van der Waals surface area contributed by atoms with Gasteiger partial charge in [-0.15, -0.1) is 0 Å². The van der Waals surface area contributed by atoms with Crippen LogP contribution in [0.4, 0.5) is 0 Å². The summed E-state index contributed by atoms with van der Waals surface area (Å²) in [6, 6.07) is 7.51. The number of rotatable bonds is 5. The normalized spacial score (nSPS) is 16.4. The molecule has 0 heterocycles. The van der Waals surface area contributed by atoms with Gasteiger partial charge in [-0.3, -0.25) is 0 Å². The van der Waals surface area contributed by atoms with E-state index in [-0.39, 0.29) is 6.10 Å². The van der Waals surface area contributed by atoms with Gasteiger partial charge in [-0.1, -0.05) is 24.6 Å². The molecule has 0 aromatic heterocycles. The second kappa shape index (κ2) is 7.72. The molecule has 0 unspecified atom stereocenters. The minimum absolute atomic E-state index is 0.223. The van der Waals surface area contributed by atoms with Gasteiger partial charge in [-0.2, -0.15) is 0 Å². The van der Waals surface area contributed by atoms with Crippen LogP contribution in [0.2, 0.25) is 0 Å². The highest BCUT2D eigenvalue weighted by Gasteiger charge is 2.21. The fourth-order valence-electron chi connectivity index (χ4n) is 2.60. The molecular weight excluding hydrogens is 268 g/mol. The highest BCUT2D eigenvalue weighted by Crippen LogP contribution is 2.30. The Morgan fingerprint density at radius 1 is 1.14 bits per heavy atom. The lowest BCUT2D eigenvalue weighted by atomic mass is 9.97. The van der Waals surface area contributed by atoms with E-state index in [9.17, 15) is 4.79 Å². The summed E-state index contributed by atoms with van der Waals surface area (Å²) in [5, 5.41) is 0. The number of para-hydroxylation sites is 1. The van der Waals surface area contributed by atoms with Gasteiger partial charge < -0.3 is 14.2 Å². The molecule has 1 saturated carbocycles. The molecule has 0 bridgehead atoms. The molecule has 0 amide bonds. The first-order valence-electron chi connectivity index (χ1n) is 7.33. The maximum absolute atomic E-state index is 11.9. The lowest BCUT2D eigenvalue weighted by Gasteiger charge is -2.24. The second-order valence-electron chi connectivity index (χ2n) is 5.13. The zero-order valence-electron chi connectivity index (χ0n) is 12.6. The molecule has 0 radical (unpaired) electrons. The maximum atomic E-state index is 11.9. The molecule has 114 valence electrons. The molecule has 4 heteroatoms. The van der Waals surface area contributed by atoms with Gasteiger partial charge in [0.05, 0.1) is 26.6 Å². The number of esters is 1. The van der Waals surface area contributed by atoms with Gasteiger partial charge in [0.1, 0.15) is 11.3 Å². The molecule has 21 heavy (non-hydrogen) atoms. The van der Waals surface area contributed by atoms with Crippen molar-refractivity contribution in [3.63, 3.8) is 0 Å². The van der Waals surface area contributed by atoms with Gasteiger partial charge in [-0.05, 0) is 31.7 Å². The fourth-order valence-corrected chi connectivity index (χ4v) is 2.60. The maximum Gasteiger partial charge on any atom is 0.341 e. The average Bonchev–Trinajstić information content (AvgIpc) is 2.54. The summed E-state index contributed by atoms with van der Waals surface area (Å²) in [6.07, 6.45) is 7.43. The van der Waals surface area contributed by atoms with Crippen molar-refractivity contribution < 1.29 is 19.0 Å². The molecule has 0 spiro atoms. The molecule has 0 aliphatic heterocycles. The van der Waals surface area contributed by atoms with Crippen LogP contribution in [0.5, 0.6) is 5.75 Å². The topological polar surface area (TPSA) is 44.8 Å². The van der Waals surface area contributed by atoms with Crippen molar-refractivity contribution in [3.05, 3.63) is 36.1 Å². The van der Waals surface area contributed by atoms with Gasteiger partial charge in [0.15, 0.2) is 0 Å². The lowest BCUT2D eigenvalue weighted by molar-refractivity contribution is -0.133. The van der Waals surface area contributed by atoms with E-state index in [1.54, 1.807) is 0 Å². The van der Waals surface area contributed by atoms with Gasteiger partial charge in [-0.25, -0.2) is 4.79 Å². The molecule has 1 aliphatic rings. The van der Waals surface area contributed by atoms with Gasteiger partial charge >= 0.3 is 5.97 Å². The number of benzene rings is 1. The Morgan fingerprint density at radius 3 is 2.52 bits per heavy atom. The fraction of sp³-hybridized carbons (Fsp3) is 0.471. The number of carbonyl (C=O) groups excluding carboxylic acids is 1. The number of hydrogen-bond acceptors (Lipinski definition) is 4. The van der Waals surface area contributed by atoms with Crippen LogP contribution in [-0.4, -0.2) is 26.3 Å². The van der Waals surface area contributed by atoms with Crippen LogP contribution in [0.3, 0.4) is 0 Å². The third-order valence-electron chi connectivity index (χ3n) is 3.66. The Labute approximate surface area is 125 Å². The summed E-state index contributed by atoms with van der Waals surface area (Å²) in [6.45, 7) is 0. The molecule has 0 atom stereocenters. The third-order valence-corrected chi connectivity index (χ3v) is 3.66. The van der Waals surface area contributed by atoms with Crippen LogP contribution in [0.25, 0.3) is 5.57 Å². The summed E-state index contributed by atoms with van der Waals surface area (Å²) in [5.41, 5.74) is 1.07. The highest BCUT2D eigenvalue weighted by molar-refractivity contribution is 6.16. The van der Waals surface area contributed by atoms with E-state index >= 15 is 0 Å². The Morgan fingerprint density at radius 2 is 1.86 bits per heavy atom. The molecule has 2 rings (SSSR count). The zero-order valence-corrected chi connectivity index (χ0v) is 12.6. The third kappa shape index (κ3) is 4.00. The molecule has 0 N–H and O–H groups in total. The predicted molar refractivity (Wildman–Crippen MR) is 80.9 cm³/mol. The largest absolute Gasteiger partial charge is 0.503 e. The van der Waals surface area contributed by atoms with E-state index in [2.05, 4.69) is 0 Å². The number of hydrogen-bond donors (Lipinski definition) is 0. The summed E-state index contributed by atoms with van der Waals surface area (Å²) in [5.74, 6) is 0.273. The molecular formula is C17H22O4. The molecule has 0 saturated heterocycles. The smallest absolute Gasteiger partial charge is 0.341 e. The Bertz CT molecular complexity index is 501. The van der Waals surface area contributed by atoms with E-state index in [4.69, 9.17) is 14.2 Å². The van der Waals surface area contributed by atoms with Crippen LogP contribution in [0, 0.1) is 0 Å². The predicted octanol–water partition coefficient (Wildman–Crippen LogP) is 3.56. The van der Waals surface area contributed by atoms with Crippen molar-refractivity contribution in [2.75, 3.05) is 14.2 Å². The Hall–Kier alpha value is -1.97. The standard InChI is InChI=1S/C17H22O4/c1-19-12-15(17(18)20-2)14-10-6-7-11-16(14)21-13-8-4-3-5-9-13/h6-7,10-13H,3-5,8-9H2,1-2H3/b15-12+. The molecule has 1 aromatic rings. The van der Waals surface area contributed by atoms with Crippen LogP contribution >= 0.6 is 0 Å². The van der Waals surface area contributed by atoms with Crippen molar-refractivity contribution in [2.45, 2.75) is 38.2 Å². The minimum atomic E-state index is -0.434. The zero-order chi connectivity index (χ0) is 15.1. The number of methoxy groups -OCH3 is 2. The quantitative estimate of drug-likeness (QED) is 0.472. The van der Waals surface area contributed by atoms with E-state index in [1.165, 1.54) is 39.7 Å². The van der Waals surface area contributed by atoms with Crippen molar-refractivity contribution in [1.82, 2.24) is 0 Å². The van der Waals surface area contributed by atoms with Gasteiger partial charge in [0, 0.05) is 5.56 Å². The van der Waals surface area contributed by atoms with E-state index < -0.39 is 5.97 Å². The molecule has 1 fully saturated rings. The first-order chi connectivity index (χ1) is 10.3. The van der Waals surface area contributed by atoms with Crippen molar-refractivity contribution >= 4 is 11.5 Å². The van der Waals surface area contributed by atoms with Crippen LogP contribution < -0.4 is 4.74 Å². The van der Waals surface area contributed by atoms with Crippen LogP contribution in [0.15, 0.2) is 30.5 Å². The highest BCUT2D eigenvalue weighted by atomic mass is 16.5. The van der Waals surface area contributed by atoms with E-state index in [0.717, 1.165) is 12.8 Å². The number of ether oxygens (including phenoxy) is 3. The Kier molecular flexibility index (Phi) is 5.67. The average molecular weight is 290 g/mol. The second-order valence-corrected chi connectivity index (χ2v) is 5.13. The first-order valence-corrected chi connectivity index (χ1v) is 7.33. The van der Waals surface area contributed by atoms with Crippen molar-refractivity contribution in [1.29, 1.82) is 0 Å². The monoisotopic (exact) mass is 290 g/mol. The number of carbonyl (C=O) groups is 1. The summed E-state index contributed by atoms with van der Waals surface area (Å²) in [4.78, 5) is 11.9. The van der Waals surface area contributed by atoms with E-state index in [1.807, 2.05) is 24.3 Å². The lowest BCUT2D eigenvalue weighted by Crippen LogP contribution is -2.20. The first kappa shape index (κ1) is 15.4. The van der Waals surface area contributed by atoms with Crippen molar-refractivity contribution in [3.8, 4) is 5.75 Å². The minimum Gasteiger partial charge on any atom is -0.503 e. The van der Waals surface area contributed by atoms with Gasteiger partial charge in [0.25, 0.3) is 0 Å². The van der Waals surface area contributed by atoms with Crippen molar-refractivity contribution in [2.24, 2.45) is 0 Å².